The zero-order chi connectivity index (χ0) is 27.4. The van der Waals surface area contributed by atoms with Crippen molar-refractivity contribution in [2.45, 2.75) is 66.2 Å². The number of amides is 2. The van der Waals surface area contributed by atoms with E-state index >= 15 is 0 Å². The number of imide groups is 1. The van der Waals surface area contributed by atoms with Crippen molar-refractivity contribution in [2.24, 2.45) is 51.8 Å². The molecule has 6 aliphatic rings. The molecule has 8 atom stereocenters. The smallest absolute Gasteiger partial charge is 0.309 e. The molecule has 38 heavy (non-hydrogen) atoms. The molecule has 8 heteroatoms. The van der Waals surface area contributed by atoms with E-state index in [4.69, 9.17) is 0 Å². The Labute approximate surface area is 222 Å². The van der Waals surface area contributed by atoms with Crippen LogP contribution in [0.3, 0.4) is 0 Å². The molecule has 1 N–H and O–H groups in total. The fraction of sp³-hybridized carbons (Fsp3) is 0.633. The van der Waals surface area contributed by atoms with Gasteiger partial charge in [-0.15, -0.1) is 0 Å². The summed E-state index contributed by atoms with van der Waals surface area (Å²) >= 11 is 0. The van der Waals surface area contributed by atoms with Crippen LogP contribution in [0, 0.1) is 61.9 Å². The fourth-order valence-corrected chi connectivity index (χ4v) is 9.96. The molecule has 0 unspecified atom stereocenters. The first-order valence-electron chi connectivity index (χ1n) is 13.9. The lowest BCUT2D eigenvalue weighted by molar-refractivity contribution is -0.384. The number of carbonyl (C=O) groups is 3. The molecule has 202 valence electrons. The van der Waals surface area contributed by atoms with E-state index in [0.717, 1.165) is 19.3 Å². The normalized spacial score (nSPS) is 41.4. The van der Waals surface area contributed by atoms with Crippen LogP contribution >= 0.6 is 0 Å². The third kappa shape index (κ3) is 3.00. The van der Waals surface area contributed by atoms with Gasteiger partial charge in [0.2, 0.25) is 11.8 Å². The summed E-state index contributed by atoms with van der Waals surface area (Å²) in [6.07, 6.45) is 6.97. The van der Waals surface area contributed by atoms with Crippen LogP contribution in [-0.4, -0.2) is 27.8 Å². The van der Waals surface area contributed by atoms with Crippen molar-refractivity contribution in [3.63, 3.8) is 0 Å². The number of nitrogens with zero attached hydrogens (tertiary/aromatic N) is 2. The van der Waals surface area contributed by atoms with Gasteiger partial charge in [0, 0.05) is 17.5 Å². The number of carboxylic acid groups (broad SMARTS) is 1. The zero-order valence-corrected chi connectivity index (χ0v) is 22.5. The summed E-state index contributed by atoms with van der Waals surface area (Å²) in [6.45, 7) is 8.44. The first-order valence-corrected chi connectivity index (χ1v) is 13.9. The quantitative estimate of drug-likeness (QED) is 0.239. The Bertz CT molecular complexity index is 1300. The largest absolute Gasteiger partial charge is 0.481 e. The number of carbonyl (C=O) groups excluding carboxylic acids is 2. The van der Waals surface area contributed by atoms with Gasteiger partial charge in [-0.3, -0.25) is 24.5 Å². The molecule has 1 spiro atoms. The van der Waals surface area contributed by atoms with E-state index in [-0.39, 0.29) is 52.3 Å². The van der Waals surface area contributed by atoms with Crippen LogP contribution < -0.4 is 4.90 Å². The lowest BCUT2D eigenvalue weighted by atomic mass is 9.34. The Morgan fingerprint density at radius 2 is 1.87 bits per heavy atom. The molecule has 2 amide bonds. The van der Waals surface area contributed by atoms with Gasteiger partial charge in [0.05, 0.1) is 27.9 Å². The average Bonchev–Trinajstić information content (AvgIpc) is 3.15. The number of hydrogen-bond acceptors (Lipinski definition) is 5. The highest BCUT2D eigenvalue weighted by atomic mass is 16.6. The number of nitro groups is 1. The molecule has 4 fully saturated rings. The van der Waals surface area contributed by atoms with Gasteiger partial charge < -0.3 is 5.11 Å². The van der Waals surface area contributed by atoms with Crippen molar-refractivity contribution in [3.8, 4) is 0 Å². The molecule has 1 aromatic rings. The SMILES string of the molecule is CC(C)C1=C[C@]23CC[C@H]4[C@](C)(CCC[C@@]4(C)C(=O)O)[C@@H]2C[C@@H]1[C@H]1C(=O)N(c2cccc([N+](=O)[O-])c2)C(=O)[C@@H]13. The maximum Gasteiger partial charge on any atom is 0.309 e. The maximum atomic E-state index is 14.3. The highest BCUT2D eigenvalue weighted by molar-refractivity contribution is 6.23. The van der Waals surface area contributed by atoms with E-state index in [1.54, 1.807) is 6.07 Å². The summed E-state index contributed by atoms with van der Waals surface area (Å²) < 4.78 is 0. The van der Waals surface area contributed by atoms with Crippen molar-refractivity contribution < 1.29 is 24.4 Å². The number of aliphatic carboxylic acids is 1. The van der Waals surface area contributed by atoms with E-state index in [0.29, 0.717) is 19.3 Å². The number of non-ortho nitro benzene ring substituents is 1. The van der Waals surface area contributed by atoms with Gasteiger partial charge in [0.15, 0.2) is 0 Å². The molecular weight excluding hydrogens is 484 g/mol. The number of anilines is 1. The molecule has 1 aromatic carbocycles. The number of rotatable bonds is 4. The molecule has 5 aliphatic carbocycles. The van der Waals surface area contributed by atoms with Gasteiger partial charge in [-0.2, -0.15) is 0 Å². The van der Waals surface area contributed by atoms with Crippen LogP contribution in [0.15, 0.2) is 35.9 Å². The van der Waals surface area contributed by atoms with Crippen molar-refractivity contribution in [1.29, 1.82) is 0 Å². The molecule has 0 aromatic heterocycles. The summed E-state index contributed by atoms with van der Waals surface area (Å²) in [4.78, 5) is 53.0. The van der Waals surface area contributed by atoms with Crippen molar-refractivity contribution >= 4 is 29.2 Å². The number of hydrogen-bond donors (Lipinski definition) is 1. The minimum Gasteiger partial charge on any atom is -0.481 e. The Morgan fingerprint density at radius 3 is 2.53 bits per heavy atom. The van der Waals surface area contributed by atoms with Crippen LogP contribution in [-0.2, 0) is 14.4 Å². The number of benzene rings is 1. The molecule has 3 saturated carbocycles. The van der Waals surface area contributed by atoms with Crippen molar-refractivity contribution in [2.75, 3.05) is 4.90 Å². The molecule has 2 bridgehead atoms. The molecule has 1 heterocycles. The summed E-state index contributed by atoms with van der Waals surface area (Å²) in [7, 11) is 0. The van der Waals surface area contributed by atoms with Crippen LogP contribution in [0.2, 0.25) is 0 Å². The van der Waals surface area contributed by atoms with Crippen LogP contribution in [0.25, 0.3) is 0 Å². The summed E-state index contributed by atoms with van der Waals surface area (Å²) in [5.74, 6) is -1.95. The second-order valence-electron chi connectivity index (χ2n) is 13.3. The summed E-state index contributed by atoms with van der Waals surface area (Å²) in [5.41, 5.74) is -0.195. The first kappa shape index (κ1) is 25.3. The topological polar surface area (TPSA) is 118 Å². The first-order chi connectivity index (χ1) is 17.9. The number of allylic oxidation sites excluding steroid dienone is 2. The Hall–Kier alpha value is -3.03. The van der Waals surface area contributed by atoms with Crippen LogP contribution in [0.1, 0.15) is 66.2 Å². The molecule has 7 rings (SSSR count). The van der Waals surface area contributed by atoms with Crippen molar-refractivity contribution in [1.82, 2.24) is 0 Å². The van der Waals surface area contributed by atoms with E-state index in [1.807, 2.05) is 6.92 Å². The molecule has 8 nitrogen and oxygen atoms in total. The van der Waals surface area contributed by atoms with E-state index in [2.05, 4.69) is 26.8 Å². The Morgan fingerprint density at radius 1 is 1.13 bits per heavy atom. The maximum absolute atomic E-state index is 14.3. The van der Waals surface area contributed by atoms with E-state index in [9.17, 15) is 29.6 Å². The lowest BCUT2D eigenvalue weighted by Crippen LogP contribution is -2.65. The van der Waals surface area contributed by atoms with Crippen molar-refractivity contribution in [3.05, 3.63) is 46.0 Å². The predicted octanol–water partition coefficient (Wildman–Crippen LogP) is 5.61. The van der Waals surface area contributed by atoms with E-state index < -0.39 is 33.6 Å². The lowest BCUT2D eigenvalue weighted by Gasteiger charge is -2.68. The fourth-order valence-electron chi connectivity index (χ4n) is 9.96. The zero-order valence-electron chi connectivity index (χ0n) is 22.5. The molecule has 0 radical (unpaired) electrons. The summed E-state index contributed by atoms with van der Waals surface area (Å²) in [6, 6.07) is 5.80. The number of nitro benzene ring substituents is 1. The third-order valence-electron chi connectivity index (χ3n) is 11.5. The number of carboxylic acids is 1. The highest BCUT2D eigenvalue weighted by Gasteiger charge is 2.73. The van der Waals surface area contributed by atoms with Gasteiger partial charge >= 0.3 is 5.97 Å². The van der Waals surface area contributed by atoms with Gasteiger partial charge in [-0.25, -0.2) is 4.90 Å². The minimum absolute atomic E-state index is 0.0191. The molecular formula is C30H36N2O6. The van der Waals surface area contributed by atoms with Gasteiger partial charge in [0.1, 0.15) is 0 Å². The van der Waals surface area contributed by atoms with E-state index in [1.165, 1.54) is 28.7 Å². The van der Waals surface area contributed by atoms with Gasteiger partial charge in [0.25, 0.3) is 5.69 Å². The van der Waals surface area contributed by atoms with Crippen LogP contribution in [0.5, 0.6) is 0 Å². The minimum atomic E-state index is -0.792. The second-order valence-corrected chi connectivity index (χ2v) is 13.3. The Kier molecular flexibility index (Phi) is 5.31. The molecule has 1 aliphatic heterocycles. The second kappa shape index (κ2) is 7.99. The Balaban J connectivity index is 1.48. The third-order valence-corrected chi connectivity index (χ3v) is 11.5. The standard InChI is InChI=1S/C30H36N2O6/c1-16(2)20-15-30-12-9-21-28(3,10-6-11-29(21,4)27(35)36)22(30)14-19(20)23-24(30)26(34)31(25(23)33)17-7-5-8-18(13-17)32(37)38/h5,7-8,13,15-16,19,21-24H,6,9-12,14H2,1-4H3,(H,35,36)/t19-,21-,22-,23+,24+,28-,29+,30+/m0/s1. The van der Waals surface area contributed by atoms with Crippen LogP contribution in [0.4, 0.5) is 11.4 Å². The summed E-state index contributed by atoms with van der Waals surface area (Å²) in [5, 5.41) is 21.7. The highest BCUT2D eigenvalue weighted by Crippen LogP contribution is 2.74. The van der Waals surface area contributed by atoms with Gasteiger partial charge in [-0.1, -0.05) is 44.9 Å². The molecule has 1 saturated heterocycles. The van der Waals surface area contributed by atoms with Gasteiger partial charge in [-0.05, 0) is 74.2 Å². The predicted molar refractivity (Wildman–Crippen MR) is 140 cm³/mol. The monoisotopic (exact) mass is 520 g/mol. The average molecular weight is 521 g/mol. The number of fused-ring (bicyclic) bond motifs is 1.